The number of alkyl halides is 1. The lowest BCUT2D eigenvalue weighted by atomic mass is 9.96. The lowest BCUT2D eigenvalue weighted by molar-refractivity contribution is -0.117. The Kier molecular flexibility index (Phi) is 9.19. The summed E-state index contributed by atoms with van der Waals surface area (Å²) in [5, 5.41) is 2.31. The van der Waals surface area contributed by atoms with E-state index in [1.54, 1.807) is 25.3 Å². The number of aromatic nitrogens is 4. The molecule has 2 aliphatic rings. The molecule has 15 nitrogen and oxygen atoms in total. The number of nitrogens with zero attached hydrogens (tertiary/aromatic N) is 4. The zero-order valence-electron chi connectivity index (χ0n) is 22.6. The molecule has 0 aromatic carbocycles. The lowest BCUT2D eigenvalue weighted by Crippen LogP contribution is -2.44. The predicted octanol–water partition coefficient (Wildman–Crippen LogP) is 2.88. The minimum Gasteiger partial charge on any atom is -0.476 e. The van der Waals surface area contributed by atoms with Crippen molar-refractivity contribution in [3.05, 3.63) is 6.33 Å². The average Bonchev–Trinajstić information content (AvgIpc) is 3.42. The number of nitrogen functional groups attached to an aromatic ring is 1. The van der Waals surface area contributed by atoms with Crippen LogP contribution in [-0.4, -0.2) is 87.0 Å². The number of phosphoric ester groups is 1. The average molecular weight is 623 g/mol. The van der Waals surface area contributed by atoms with Gasteiger partial charge in [0.05, 0.1) is 38.7 Å². The summed E-state index contributed by atoms with van der Waals surface area (Å²) in [7, 11) is -2.78. The van der Waals surface area contributed by atoms with Crippen LogP contribution in [0.3, 0.4) is 0 Å². The maximum atomic E-state index is 13.3. The number of thioether (sulfide) groups is 1. The number of anilines is 1. The zero-order valence-corrected chi connectivity index (χ0v) is 25.1. The fraction of sp³-hybridized carbons (Fsp3) is 0.682. The van der Waals surface area contributed by atoms with Crippen LogP contribution in [0, 0.1) is 5.41 Å². The number of nitrogens with two attached hydrogens (primary N) is 1. The van der Waals surface area contributed by atoms with Gasteiger partial charge in [0.15, 0.2) is 22.5 Å². The summed E-state index contributed by atoms with van der Waals surface area (Å²) in [6, 6.07) is 0. The van der Waals surface area contributed by atoms with Crippen molar-refractivity contribution in [2.75, 3.05) is 45.0 Å². The number of phosphoric acid groups is 1. The van der Waals surface area contributed by atoms with Crippen LogP contribution >= 0.6 is 31.2 Å². The number of nitrogens with one attached hydrogen (secondary N) is 1. The molecule has 40 heavy (non-hydrogen) atoms. The number of imidazole rings is 1. The van der Waals surface area contributed by atoms with E-state index < -0.39 is 42.6 Å². The highest BCUT2D eigenvalue weighted by Gasteiger charge is 2.60. The van der Waals surface area contributed by atoms with E-state index in [0.29, 0.717) is 17.8 Å². The van der Waals surface area contributed by atoms with Crippen molar-refractivity contribution >= 4 is 59.5 Å². The number of fused-ring (bicyclic) bond motifs is 2. The molecule has 0 unspecified atom stereocenters. The topological polar surface area (TPSA) is 188 Å². The highest BCUT2D eigenvalue weighted by Crippen LogP contribution is 2.60. The predicted molar refractivity (Wildman–Crippen MR) is 145 cm³/mol. The second-order valence-electron chi connectivity index (χ2n) is 9.79. The number of carbonyl (C=O) groups is 2. The van der Waals surface area contributed by atoms with Gasteiger partial charge in [-0.1, -0.05) is 25.6 Å². The van der Waals surface area contributed by atoms with Gasteiger partial charge in [0.1, 0.15) is 17.1 Å². The Morgan fingerprint density at radius 2 is 2.15 bits per heavy atom. The first-order valence-corrected chi connectivity index (χ1v) is 15.2. The van der Waals surface area contributed by atoms with Crippen molar-refractivity contribution < 1.29 is 41.9 Å². The van der Waals surface area contributed by atoms with Gasteiger partial charge in [-0.2, -0.15) is 9.97 Å². The lowest BCUT2D eigenvalue weighted by Gasteiger charge is -2.34. The molecule has 222 valence electrons. The third-order valence-corrected chi connectivity index (χ3v) is 9.28. The summed E-state index contributed by atoms with van der Waals surface area (Å²) in [5.41, 5.74) is 5.74. The third kappa shape index (κ3) is 6.32. The van der Waals surface area contributed by atoms with Crippen molar-refractivity contribution in [1.82, 2.24) is 24.8 Å². The molecule has 1 amide bonds. The highest BCUT2D eigenvalue weighted by atomic mass is 35.5. The number of alkyl carbamates (subject to hydrolysis) is 1. The Balaban J connectivity index is 1.38. The fourth-order valence-electron chi connectivity index (χ4n) is 4.14. The Morgan fingerprint density at radius 1 is 1.40 bits per heavy atom. The molecule has 5 atom stereocenters. The maximum absolute atomic E-state index is 13.3. The van der Waals surface area contributed by atoms with Crippen molar-refractivity contribution in [1.29, 1.82) is 0 Å². The number of amides is 1. The first kappa shape index (κ1) is 30.8. The molecular formula is C22H32ClN6O9PS. The molecule has 0 bridgehead atoms. The molecule has 2 saturated heterocycles. The first-order valence-electron chi connectivity index (χ1n) is 12.3. The standard InChI is InChI=1S/C22H32ClN6O9PS/c1-6-34-16-13-15(27-19(24)28-16)29(11-26-13)17-22(4,23)14-12(37-17)9-36-39(32,38-14)35-7-8-40-18(30)21(2,3)10-25-20(31)33-5/h11-12,14,17H,6-10H2,1-5H3,(H,25,31)(H2,24,27,28)/t12-,14-,17-,22-,39+/m1/s1. The minimum atomic E-state index is -4.02. The Hall–Kier alpha value is -2.20. The largest absolute Gasteiger partial charge is 0.476 e. The number of rotatable bonds is 10. The molecule has 2 fully saturated rings. The molecule has 2 aromatic heterocycles. The molecule has 4 rings (SSSR count). The Morgan fingerprint density at radius 3 is 2.85 bits per heavy atom. The number of halogens is 1. The smallest absolute Gasteiger partial charge is 0.475 e. The van der Waals surface area contributed by atoms with Gasteiger partial charge < -0.3 is 25.3 Å². The summed E-state index contributed by atoms with van der Waals surface area (Å²) < 4.78 is 47.7. The van der Waals surface area contributed by atoms with Crippen LogP contribution in [0.2, 0.25) is 0 Å². The van der Waals surface area contributed by atoms with E-state index in [4.69, 9.17) is 40.4 Å². The molecule has 2 aliphatic heterocycles. The van der Waals surface area contributed by atoms with Gasteiger partial charge in [0.2, 0.25) is 11.8 Å². The normalized spacial score (nSPS) is 28.3. The third-order valence-electron chi connectivity index (χ3n) is 6.24. The zero-order chi connectivity index (χ0) is 29.3. The first-order chi connectivity index (χ1) is 18.8. The van der Waals surface area contributed by atoms with Crippen molar-refractivity contribution in [2.24, 2.45) is 5.41 Å². The van der Waals surface area contributed by atoms with Gasteiger partial charge >= 0.3 is 13.9 Å². The molecule has 3 N–H and O–H groups in total. The Bertz CT molecular complexity index is 1310. The van der Waals surface area contributed by atoms with Gasteiger partial charge in [-0.15, -0.1) is 11.6 Å². The maximum Gasteiger partial charge on any atom is 0.475 e. The molecule has 2 aromatic rings. The van der Waals surface area contributed by atoms with Crippen molar-refractivity contribution in [2.45, 2.75) is 51.0 Å². The molecule has 0 saturated carbocycles. The van der Waals surface area contributed by atoms with Crippen molar-refractivity contribution in [3.8, 4) is 5.88 Å². The number of hydrogen-bond donors (Lipinski definition) is 2. The van der Waals surface area contributed by atoms with E-state index in [1.807, 2.05) is 6.92 Å². The SMILES string of the molecule is CCOc1nc(N)nc2c1ncn2[C@@H]1O[C@@H]2CO[P@](=O)(OCCSC(=O)C(C)(C)CNC(=O)OC)O[C@H]2[C@@]1(C)Cl. The van der Waals surface area contributed by atoms with E-state index >= 15 is 0 Å². The van der Waals surface area contributed by atoms with E-state index in [0.717, 1.165) is 11.8 Å². The van der Waals surface area contributed by atoms with Gasteiger partial charge in [-0.05, 0) is 13.8 Å². The van der Waals surface area contributed by atoms with E-state index in [-0.39, 0.29) is 42.5 Å². The van der Waals surface area contributed by atoms with Gasteiger partial charge in [0, 0.05) is 12.3 Å². The van der Waals surface area contributed by atoms with Crippen LogP contribution < -0.4 is 15.8 Å². The van der Waals surface area contributed by atoms with E-state index in [2.05, 4.69) is 25.0 Å². The van der Waals surface area contributed by atoms with E-state index in [9.17, 15) is 14.2 Å². The summed E-state index contributed by atoms with van der Waals surface area (Å²) >= 11 is 7.93. The molecule has 0 aliphatic carbocycles. The van der Waals surface area contributed by atoms with Crippen LogP contribution in [0.1, 0.15) is 33.9 Å². The monoisotopic (exact) mass is 622 g/mol. The number of methoxy groups -OCH3 is 1. The number of hydrogen-bond acceptors (Lipinski definition) is 14. The van der Waals surface area contributed by atoms with Crippen LogP contribution in [0.4, 0.5) is 10.7 Å². The summed E-state index contributed by atoms with van der Waals surface area (Å²) in [5.74, 6) is 0.390. The second kappa shape index (κ2) is 12.0. The molecule has 4 heterocycles. The fourth-order valence-corrected chi connectivity index (χ4v) is 6.96. The molecule has 0 radical (unpaired) electrons. The van der Waals surface area contributed by atoms with Gasteiger partial charge in [-0.25, -0.2) is 14.3 Å². The van der Waals surface area contributed by atoms with Gasteiger partial charge in [0.25, 0.3) is 0 Å². The van der Waals surface area contributed by atoms with Crippen LogP contribution in [0.15, 0.2) is 6.33 Å². The Labute approximate surface area is 239 Å². The van der Waals surface area contributed by atoms with Crippen LogP contribution in [0.5, 0.6) is 5.88 Å². The number of carbonyl (C=O) groups excluding carboxylic acids is 2. The highest BCUT2D eigenvalue weighted by molar-refractivity contribution is 8.13. The molecule has 0 spiro atoms. The van der Waals surface area contributed by atoms with Crippen LogP contribution in [0.25, 0.3) is 11.2 Å². The second-order valence-corrected chi connectivity index (χ2v) is 13.3. The molecular weight excluding hydrogens is 591 g/mol. The quantitative estimate of drug-likeness (QED) is 0.223. The van der Waals surface area contributed by atoms with E-state index in [1.165, 1.54) is 13.4 Å². The summed E-state index contributed by atoms with van der Waals surface area (Å²) in [6.07, 6.45) is -1.53. The van der Waals surface area contributed by atoms with Gasteiger partial charge in [-0.3, -0.25) is 22.9 Å². The summed E-state index contributed by atoms with van der Waals surface area (Å²) in [6.45, 7) is 7.10. The van der Waals surface area contributed by atoms with Crippen molar-refractivity contribution in [3.63, 3.8) is 0 Å². The number of ether oxygens (including phenoxy) is 3. The summed E-state index contributed by atoms with van der Waals surface area (Å²) in [4.78, 5) is 35.4. The minimum absolute atomic E-state index is 0.0126. The molecule has 18 heteroatoms. The van der Waals surface area contributed by atoms with Crippen LogP contribution in [-0.2, 0) is 32.4 Å².